The van der Waals surface area contributed by atoms with E-state index in [2.05, 4.69) is 15.4 Å². The second-order valence-electron chi connectivity index (χ2n) is 7.57. The van der Waals surface area contributed by atoms with Crippen LogP contribution in [-0.4, -0.2) is 47.0 Å². The van der Waals surface area contributed by atoms with Crippen molar-refractivity contribution in [2.45, 2.75) is 26.3 Å². The highest BCUT2D eigenvalue weighted by Crippen LogP contribution is 2.31. The number of nitrogens with one attached hydrogen (secondary N) is 1. The van der Waals surface area contributed by atoms with Crippen LogP contribution in [0.3, 0.4) is 0 Å². The van der Waals surface area contributed by atoms with Gasteiger partial charge in [0.2, 0.25) is 0 Å². The SMILES string of the molecule is CC[C@@H](C)NC(=O)c1c(N)n(/N=C\c2cccc(OC)c2OC)c2nc3ccccc3nc12. The number of fused-ring (bicyclic) bond motifs is 2. The minimum atomic E-state index is -0.315. The summed E-state index contributed by atoms with van der Waals surface area (Å²) in [5.74, 6) is 0.944. The number of carbonyl (C=O) groups is 1. The molecule has 0 aliphatic heterocycles. The predicted octanol–water partition coefficient (Wildman–Crippen LogP) is 3.59. The van der Waals surface area contributed by atoms with Crippen molar-refractivity contribution < 1.29 is 14.3 Å². The monoisotopic (exact) mass is 446 g/mol. The molecule has 2 heterocycles. The number of nitrogen functional groups attached to an aromatic ring is 1. The van der Waals surface area contributed by atoms with Crippen molar-refractivity contribution in [3.63, 3.8) is 0 Å². The van der Waals surface area contributed by atoms with E-state index >= 15 is 0 Å². The fourth-order valence-corrected chi connectivity index (χ4v) is 3.52. The Bertz CT molecular complexity index is 1360. The van der Waals surface area contributed by atoms with E-state index in [0.29, 0.717) is 39.3 Å². The fraction of sp³-hybridized carbons (Fsp3) is 0.250. The maximum atomic E-state index is 13.1. The maximum Gasteiger partial charge on any atom is 0.257 e. The van der Waals surface area contributed by atoms with E-state index < -0.39 is 0 Å². The van der Waals surface area contributed by atoms with Gasteiger partial charge in [-0.3, -0.25) is 4.79 Å². The van der Waals surface area contributed by atoms with Crippen LogP contribution in [0, 0.1) is 0 Å². The van der Waals surface area contributed by atoms with Gasteiger partial charge in [-0.05, 0) is 37.6 Å². The molecule has 1 atom stereocenters. The van der Waals surface area contributed by atoms with E-state index in [1.54, 1.807) is 26.5 Å². The number of rotatable bonds is 7. The van der Waals surface area contributed by atoms with Crippen LogP contribution in [-0.2, 0) is 0 Å². The Labute approximate surface area is 191 Å². The van der Waals surface area contributed by atoms with Gasteiger partial charge in [0.15, 0.2) is 17.1 Å². The quantitative estimate of drug-likeness (QED) is 0.419. The number of carbonyl (C=O) groups excluding carboxylic acids is 1. The molecule has 0 aliphatic rings. The second-order valence-corrected chi connectivity index (χ2v) is 7.57. The third kappa shape index (κ3) is 4.05. The minimum Gasteiger partial charge on any atom is -0.493 e. The Morgan fingerprint density at radius 3 is 2.55 bits per heavy atom. The molecule has 3 N–H and O–H groups in total. The average Bonchev–Trinajstić information content (AvgIpc) is 3.10. The summed E-state index contributed by atoms with van der Waals surface area (Å²) in [6, 6.07) is 12.9. The van der Waals surface area contributed by atoms with Crippen LogP contribution in [0.25, 0.3) is 22.2 Å². The van der Waals surface area contributed by atoms with Crippen LogP contribution in [0.5, 0.6) is 11.5 Å². The smallest absolute Gasteiger partial charge is 0.257 e. The van der Waals surface area contributed by atoms with Crippen LogP contribution in [0.15, 0.2) is 47.6 Å². The minimum absolute atomic E-state index is 0.0201. The van der Waals surface area contributed by atoms with Gasteiger partial charge in [0, 0.05) is 11.6 Å². The maximum absolute atomic E-state index is 13.1. The number of nitrogens with two attached hydrogens (primary N) is 1. The Kier molecular flexibility index (Phi) is 6.12. The summed E-state index contributed by atoms with van der Waals surface area (Å²) in [6.07, 6.45) is 2.37. The highest BCUT2D eigenvalue weighted by molar-refractivity contribution is 6.10. The molecule has 0 saturated heterocycles. The summed E-state index contributed by atoms with van der Waals surface area (Å²) in [5.41, 5.74) is 9.48. The zero-order chi connectivity index (χ0) is 23.5. The van der Waals surface area contributed by atoms with Crippen molar-refractivity contribution in [1.29, 1.82) is 0 Å². The standard InChI is InChI=1S/C24H26N6O3/c1-5-14(2)27-24(31)19-20-23(29-17-11-7-6-10-16(17)28-20)30(22(19)25)26-13-15-9-8-12-18(32-3)21(15)33-4/h6-14H,5,25H2,1-4H3,(H,27,31)/b26-13-/t14-/m1/s1. The van der Waals surface area contributed by atoms with Gasteiger partial charge >= 0.3 is 0 Å². The molecule has 0 spiro atoms. The van der Waals surface area contributed by atoms with Gasteiger partial charge in [0.1, 0.15) is 16.9 Å². The molecule has 2 aromatic heterocycles. The third-order valence-electron chi connectivity index (χ3n) is 5.44. The summed E-state index contributed by atoms with van der Waals surface area (Å²) in [4.78, 5) is 22.5. The molecule has 0 bridgehead atoms. The van der Waals surface area contributed by atoms with Crippen LogP contribution in [0.1, 0.15) is 36.2 Å². The van der Waals surface area contributed by atoms with Crippen LogP contribution >= 0.6 is 0 Å². The van der Waals surface area contributed by atoms with Crippen molar-refractivity contribution in [2.75, 3.05) is 20.0 Å². The van der Waals surface area contributed by atoms with Crippen LogP contribution < -0.4 is 20.5 Å². The van der Waals surface area contributed by atoms with E-state index in [-0.39, 0.29) is 23.3 Å². The number of para-hydroxylation sites is 3. The molecule has 33 heavy (non-hydrogen) atoms. The fourth-order valence-electron chi connectivity index (χ4n) is 3.52. The van der Waals surface area contributed by atoms with Crippen molar-refractivity contribution >= 4 is 40.1 Å². The Morgan fingerprint density at radius 1 is 1.15 bits per heavy atom. The summed E-state index contributed by atoms with van der Waals surface area (Å²) >= 11 is 0. The Hall–Kier alpha value is -4.14. The molecule has 1 amide bonds. The molecule has 0 saturated carbocycles. The lowest BCUT2D eigenvalue weighted by Crippen LogP contribution is -2.32. The molecular formula is C24H26N6O3. The third-order valence-corrected chi connectivity index (χ3v) is 5.44. The van der Waals surface area contributed by atoms with Gasteiger partial charge in [0.25, 0.3) is 5.91 Å². The predicted molar refractivity (Wildman–Crippen MR) is 129 cm³/mol. The zero-order valence-electron chi connectivity index (χ0n) is 19.0. The van der Waals surface area contributed by atoms with Crippen molar-refractivity contribution in [3.8, 4) is 11.5 Å². The average molecular weight is 447 g/mol. The van der Waals surface area contributed by atoms with E-state index in [1.807, 2.05) is 50.2 Å². The first kappa shape index (κ1) is 22.1. The van der Waals surface area contributed by atoms with Crippen LogP contribution in [0.2, 0.25) is 0 Å². The van der Waals surface area contributed by atoms with E-state index in [0.717, 1.165) is 6.42 Å². The number of hydrogen-bond acceptors (Lipinski definition) is 7. The number of ether oxygens (including phenoxy) is 2. The first-order chi connectivity index (χ1) is 16.0. The van der Waals surface area contributed by atoms with E-state index in [1.165, 1.54) is 4.68 Å². The number of amides is 1. The highest BCUT2D eigenvalue weighted by atomic mass is 16.5. The molecule has 2 aromatic carbocycles. The Balaban J connectivity index is 1.91. The number of aromatic nitrogens is 3. The summed E-state index contributed by atoms with van der Waals surface area (Å²) in [6.45, 7) is 3.93. The molecule has 4 rings (SSSR count). The summed E-state index contributed by atoms with van der Waals surface area (Å²) in [7, 11) is 3.13. The molecule has 9 nitrogen and oxygen atoms in total. The van der Waals surface area contributed by atoms with Gasteiger partial charge in [-0.15, -0.1) is 0 Å². The molecule has 0 radical (unpaired) electrons. The molecule has 170 valence electrons. The van der Waals surface area contributed by atoms with E-state index in [4.69, 9.17) is 20.2 Å². The van der Waals surface area contributed by atoms with Crippen molar-refractivity contribution in [3.05, 3.63) is 53.6 Å². The lowest BCUT2D eigenvalue weighted by molar-refractivity contribution is 0.0941. The van der Waals surface area contributed by atoms with Crippen molar-refractivity contribution in [1.82, 2.24) is 20.0 Å². The number of anilines is 1. The normalized spacial score (nSPS) is 12.4. The lowest BCUT2D eigenvalue weighted by atomic mass is 10.2. The van der Waals surface area contributed by atoms with Gasteiger partial charge in [-0.1, -0.05) is 25.1 Å². The van der Waals surface area contributed by atoms with Crippen LogP contribution in [0.4, 0.5) is 5.82 Å². The van der Waals surface area contributed by atoms with Gasteiger partial charge in [-0.25, -0.2) is 9.97 Å². The lowest BCUT2D eigenvalue weighted by Gasteiger charge is -2.11. The number of nitrogens with zero attached hydrogens (tertiary/aromatic N) is 4. The second kappa shape index (κ2) is 9.15. The topological polar surface area (TPSA) is 117 Å². The van der Waals surface area contributed by atoms with E-state index in [9.17, 15) is 4.79 Å². The number of hydrogen-bond donors (Lipinski definition) is 2. The molecule has 0 unspecified atom stereocenters. The summed E-state index contributed by atoms with van der Waals surface area (Å²) < 4.78 is 12.3. The molecule has 0 fully saturated rings. The van der Waals surface area contributed by atoms with Gasteiger partial charge in [0.05, 0.1) is 31.5 Å². The van der Waals surface area contributed by atoms with Crippen molar-refractivity contribution in [2.24, 2.45) is 5.10 Å². The summed E-state index contributed by atoms with van der Waals surface area (Å²) in [5, 5.41) is 7.50. The number of benzene rings is 2. The highest BCUT2D eigenvalue weighted by Gasteiger charge is 2.24. The van der Waals surface area contributed by atoms with Gasteiger partial charge in [-0.2, -0.15) is 9.78 Å². The first-order valence-corrected chi connectivity index (χ1v) is 10.6. The molecule has 0 aliphatic carbocycles. The zero-order valence-corrected chi connectivity index (χ0v) is 19.0. The Morgan fingerprint density at radius 2 is 1.88 bits per heavy atom. The molecular weight excluding hydrogens is 420 g/mol. The molecule has 4 aromatic rings. The van der Waals surface area contributed by atoms with Gasteiger partial charge < -0.3 is 20.5 Å². The number of methoxy groups -OCH3 is 2. The molecule has 9 heteroatoms. The largest absolute Gasteiger partial charge is 0.493 e. The first-order valence-electron chi connectivity index (χ1n) is 10.6.